The first-order valence-electron chi connectivity index (χ1n) is 6.77. The number of aryl methyl sites for hydroxylation is 1. The largest absolute Gasteiger partial charge is 0.492 e. The molecule has 0 fully saturated rings. The van der Waals surface area contributed by atoms with Gasteiger partial charge in [0.25, 0.3) is 5.91 Å². The molecule has 2 aromatic rings. The molecule has 3 nitrogen and oxygen atoms in total. The molecule has 0 aliphatic carbocycles. The van der Waals surface area contributed by atoms with Gasteiger partial charge in [-0.1, -0.05) is 29.3 Å². The van der Waals surface area contributed by atoms with Crippen molar-refractivity contribution in [1.29, 1.82) is 0 Å². The van der Waals surface area contributed by atoms with Crippen molar-refractivity contribution in [3.63, 3.8) is 0 Å². The smallest absolute Gasteiger partial charge is 0.253 e. The second-order valence-corrected chi connectivity index (χ2v) is 5.34. The maximum Gasteiger partial charge on any atom is 0.253 e. The van der Waals surface area contributed by atoms with Gasteiger partial charge in [-0.15, -0.1) is 0 Å². The molecule has 2 aromatic carbocycles. The van der Waals surface area contributed by atoms with E-state index >= 15 is 0 Å². The monoisotopic (exact) mass is 303 g/mol. The molecular weight excluding hydrogens is 286 g/mol. The Morgan fingerprint density at radius 1 is 1.19 bits per heavy atom. The summed E-state index contributed by atoms with van der Waals surface area (Å²) in [6.07, 6.45) is 0. The molecule has 0 aliphatic heterocycles. The normalized spacial score (nSPS) is 10.2. The highest BCUT2D eigenvalue weighted by Gasteiger charge is 2.11. The van der Waals surface area contributed by atoms with Crippen molar-refractivity contribution in [2.24, 2.45) is 0 Å². The van der Waals surface area contributed by atoms with Gasteiger partial charge in [0.1, 0.15) is 12.4 Å². The summed E-state index contributed by atoms with van der Waals surface area (Å²) in [5.74, 6) is 0.745. The minimum Gasteiger partial charge on any atom is -0.492 e. The molecule has 0 aromatic heterocycles. The molecule has 0 N–H and O–H groups in total. The van der Waals surface area contributed by atoms with Crippen LogP contribution in [0.2, 0.25) is 5.02 Å². The zero-order valence-corrected chi connectivity index (χ0v) is 12.9. The third-order valence-corrected chi connectivity index (χ3v) is 3.37. The Morgan fingerprint density at radius 2 is 1.90 bits per heavy atom. The van der Waals surface area contributed by atoms with Gasteiger partial charge >= 0.3 is 0 Å². The van der Waals surface area contributed by atoms with E-state index in [-0.39, 0.29) is 5.91 Å². The molecule has 4 heteroatoms. The van der Waals surface area contributed by atoms with Gasteiger partial charge in [-0.25, -0.2) is 0 Å². The number of halogens is 1. The van der Waals surface area contributed by atoms with Gasteiger partial charge in [-0.3, -0.25) is 4.79 Å². The summed E-state index contributed by atoms with van der Waals surface area (Å²) in [7, 11) is 1.77. The van der Waals surface area contributed by atoms with E-state index in [2.05, 4.69) is 0 Å². The summed E-state index contributed by atoms with van der Waals surface area (Å²) < 4.78 is 5.59. The number of nitrogens with zero attached hydrogens (tertiary/aromatic N) is 1. The maximum absolute atomic E-state index is 12.2. The Labute approximate surface area is 130 Å². The highest BCUT2D eigenvalue weighted by molar-refractivity contribution is 6.30. The van der Waals surface area contributed by atoms with Crippen LogP contribution in [0, 0.1) is 6.92 Å². The summed E-state index contributed by atoms with van der Waals surface area (Å²) >= 11 is 5.81. The average molecular weight is 304 g/mol. The summed E-state index contributed by atoms with van der Waals surface area (Å²) in [5, 5.41) is 0.675. The summed E-state index contributed by atoms with van der Waals surface area (Å²) in [4.78, 5) is 13.9. The highest BCUT2D eigenvalue weighted by atomic mass is 35.5. The standard InChI is InChI=1S/C17H18ClNO2/c1-13-4-3-5-14(12-13)17(20)19(2)10-11-21-16-8-6-15(18)7-9-16/h3-9,12H,10-11H2,1-2H3. The number of hydrogen-bond donors (Lipinski definition) is 0. The van der Waals surface area contributed by atoms with Crippen molar-refractivity contribution < 1.29 is 9.53 Å². The Kier molecular flexibility index (Phi) is 5.23. The third-order valence-electron chi connectivity index (χ3n) is 3.12. The number of hydrogen-bond acceptors (Lipinski definition) is 2. The number of carbonyl (C=O) groups is 1. The van der Waals surface area contributed by atoms with Gasteiger partial charge in [0.15, 0.2) is 0 Å². The van der Waals surface area contributed by atoms with Crippen LogP contribution in [0.1, 0.15) is 15.9 Å². The van der Waals surface area contributed by atoms with E-state index in [0.717, 1.165) is 11.3 Å². The van der Waals surface area contributed by atoms with Crippen LogP contribution >= 0.6 is 11.6 Å². The molecule has 0 aliphatic rings. The Bertz CT molecular complexity index is 610. The minimum atomic E-state index is -0.00148. The van der Waals surface area contributed by atoms with Gasteiger partial charge in [0.2, 0.25) is 0 Å². The van der Waals surface area contributed by atoms with Crippen molar-refractivity contribution >= 4 is 17.5 Å². The van der Waals surface area contributed by atoms with E-state index in [0.29, 0.717) is 23.7 Å². The molecule has 21 heavy (non-hydrogen) atoms. The first-order valence-corrected chi connectivity index (χ1v) is 7.14. The Hall–Kier alpha value is -2.00. The highest BCUT2D eigenvalue weighted by Crippen LogP contribution is 2.15. The van der Waals surface area contributed by atoms with Gasteiger partial charge in [0.05, 0.1) is 6.54 Å². The van der Waals surface area contributed by atoms with Crippen molar-refractivity contribution in [2.75, 3.05) is 20.2 Å². The zero-order valence-electron chi connectivity index (χ0n) is 12.2. The molecule has 1 amide bonds. The van der Waals surface area contributed by atoms with E-state index in [9.17, 15) is 4.79 Å². The second kappa shape index (κ2) is 7.14. The van der Waals surface area contributed by atoms with Gasteiger partial charge in [-0.2, -0.15) is 0 Å². The number of likely N-dealkylation sites (N-methyl/N-ethyl adjacent to an activating group) is 1. The van der Waals surface area contributed by atoms with Crippen molar-refractivity contribution in [2.45, 2.75) is 6.92 Å². The first-order chi connectivity index (χ1) is 10.1. The Balaban J connectivity index is 1.85. The lowest BCUT2D eigenvalue weighted by Crippen LogP contribution is -2.30. The minimum absolute atomic E-state index is 0.00148. The Morgan fingerprint density at radius 3 is 2.57 bits per heavy atom. The predicted octanol–water partition coefficient (Wildman–Crippen LogP) is 3.80. The van der Waals surface area contributed by atoms with Crippen LogP contribution in [-0.4, -0.2) is 31.0 Å². The van der Waals surface area contributed by atoms with Crippen molar-refractivity contribution in [3.05, 3.63) is 64.7 Å². The van der Waals surface area contributed by atoms with Gasteiger partial charge in [-0.05, 0) is 43.3 Å². The van der Waals surface area contributed by atoms with E-state index in [1.807, 2.05) is 43.3 Å². The maximum atomic E-state index is 12.2. The molecule has 0 saturated heterocycles. The third kappa shape index (κ3) is 4.50. The number of rotatable bonds is 5. The topological polar surface area (TPSA) is 29.5 Å². The predicted molar refractivity (Wildman–Crippen MR) is 85.1 cm³/mol. The molecule has 0 spiro atoms. The van der Waals surface area contributed by atoms with Crippen molar-refractivity contribution in [3.8, 4) is 5.75 Å². The van der Waals surface area contributed by atoms with Gasteiger partial charge < -0.3 is 9.64 Å². The number of carbonyl (C=O) groups excluding carboxylic acids is 1. The SMILES string of the molecule is Cc1cccc(C(=O)N(C)CCOc2ccc(Cl)cc2)c1. The van der Waals surface area contributed by atoms with Crippen LogP contribution in [0.3, 0.4) is 0 Å². The molecule has 0 unspecified atom stereocenters. The van der Waals surface area contributed by atoms with E-state index in [1.54, 1.807) is 24.1 Å². The van der Waals surface area contributed by atoms with Crippen LogP contribution in [0.25, 0.3) is 0 Å². The van der Waals surface area contributed by atoms with E-state index in [1.165, 1.54) is 0 Å². The van der Waals surface area contributed by atoms with E-state index < -0.39 is 0 Å². The molecule has 0 saturated carbocycles. The molecule has 2 rings (SSSR count). The summed E-state index contributed by atoms with van der Waals surface area (Å²) in [6, 6.07) is 14.7. The fourth-order valence-corrected chi connectivity index (χ4v) is 2.06. The second-order valence-electron chi connectivity index (χ2n) is 4.90. The molecule has 110 valence electrons. The van der Waals surface area contributed by atoms with Crippen LogP contribution in [0.4, 0.5) is 0 Å². The summed E-state index contributed by atoms with van der Waals surface area (Å²) in [5.41, 5.74) is 1.77. The fourth-order valence-electron chi connectivity index (χ4n) is 1.93. The number of benzene rings is 2. The summed E-state index contributed by atoms with van der Waals surface area (Å²) in [6.45, 7) is 2.94. The van der Waals surface area contributed by atoms with Crippen LogP contribution < -0.4 is 4.74 Å². The molecule has 0 atom stereocenters. The molecule has 0 radical (unpaired) electrons. The van der Waals surface area contributed by atoms with E-state index in [4.69, 9.17) is 16.3 Å². The van der Waals surface area contributed by atoms with Crippen molar-refractivity contribution in [1.82, 2.24) is 4.90 Å². The van der Waals surface area contributed by atoms with Crippen LogP contribution in [0.15, 0.2) is 48.5 Å². The lowest BCUT2D eigenvalue weighted by Gasteiger charge is -2.17. The molecule has 0 heterocycles. The first kappa shape index (κ1) is 15.4. The number of ether oxygens (including phenoxy) is 1. The molecule has 0 bridgehead atoms. The molecular formula is C17H18ClNO2. The average Bonchev–Trinajstić information content (AvgIpc) is 2.48. The number of amides is 1. The zero-order chi connectivity index (χ0) is 15.2. The lowest BCUT2D eigenvalue weighted by atomic mass is 10.1. The van der Waals surface area contributed by atoms with Gasteiger partial charge in [0, 0.05) is 17.6 Å². The van der Waals surface area contributed by atoms with Crippen LogP contribution in [0.5, 0.6) is 5.75 Å². The lowest BCUT2D eigenvalue weighted by molar-refractivity contribution is 0.0773. The fraction of sp³-hybridized carbons (Fsp3) is 0.235. The van der Waals surface area contributed by atoms with Crippen LogP contribution in [-0.2, 0) is 0 Å². The quantitative estimate of drug-likeness (QED) is 0.841.